The Labute approximate surface area is 171 Å². The second-order valence-corrected chi connectivity index (χ2v) is 7.20. The van der Waals surface area contributed by atoms with Crippen molar-refractivity contribution >= 4 is 17.5 Å². The van der Waals surface area contributed by atoms with Gasteiger partial charge in [-0.25, -0.2) is 0 Å². The molecule has 0 radical (unpaired) electrons. The lowest BCUT2D eigenvalue weighted by Crippen LogP contribution is -2.43. The van der Waals surface area contributed by atoms with Gasteiger partial charge in [-0.2, -0.15) is 5.26 Å². The summed E-state index contributed by atoms with van der Waals surface area (Å²) in [5.41, 5.74) is 2.47. The average molecular weight is 391 g/mol. The summed E-state index contributed by atoms with van der Waals surface area (Å²) >= 11 is 0. The van der Waals surface area contributed by atoms with Gasteiger partial charge in [-0.3, -0.25) is 9.59 Å². The minimum Gasteiger partial charge on any atom is -0.480 e. The molecule has 150 valence electrons. The van der Waals surface area contributed by atoms with Crippen LogP contribution in [0.25, 0.3) is 0 Å². The molecule has 0 aliphatic carbocycles. The molecule has 6 heteroatoms. The molecule has 0 spiro atoms. The van der Waals surface area contributed by atoms with E-state index in [1.165, 1.54) is 0 Å². The highest BCUT2D eigenvalue weighted by molar-refractivity contribution is 6.04. The summed E-state index contributed by atoms with van der Waals surface area (Å²) in [7, 11) is 0. The number of amides is 2. The molecule has 1 aliphatic rings. The van der Waals surface area contributed by atoms with Crippen molar-refractivity contribution in [1.82, 2.24) is 4.90 Å². The van der Waals surface area contributed by atoms with Gasteiger partial charge in [0.15, 0.2) is 6.10 Å². The Morgan fingerprint density at radius 3 is 2.62 bits per heavy atom. The molecular weight excluding hydrogens is 366 g/mol. The SMILES string of the molecule is CC[C@@H](C)N1Cc2cc(NC(=O)c3ccc(C#N)cc3)ccc2O[C@H](CC)C1=O. The molecule has 0 saturated carbocycles. The molecule has 0 saturated heterocycles. The van der Waals surface area contributed by atoms with Crippen LogP contribution >= 0.6 is 0 Å². The summed E-state index contributed by atoms with van der Waals surface area (Å²) < 4.78 is 5.98. The molecule has 0 unspecified atom stereocenters. The minimum absolute atomic E-state index is 0.00113. The number of hydrogen-bond donors (Lipinski definition) is 1. The third-order valence-corrected chi connectivity index (χ3v) is 5.26. The van der Waals surface area contributed by atoms with Gasteiger partial charge < -0.3 is 15.0 Å². The number of benzene rings is 2. The van der Waals surface area contributed by atoms with Crippen LogP contribution in [0.4, 0.5) is 5.69 Å². The Kier molecular flexibility index (Phi) is 6.18. The lowest BCUT2D eigenvalue weighted by molar-refractivity contribution is -0.140. The highest BCUT2D eigenvalue weighted by Crippen LogP contribution is 2.30. The fourth-order valence-corrected chi connectivity index (χ4v) is 3.30. The van der Waals surface area contributed by atoms with E-state index >= 15 is 0 Å². The van der Waals surface area contributed by atoms with Crippen LogP contribution in [0.5, 0.6) is 5.75 Å². The van der Waals surface area contributed by atoms with Crippen molar-refractivity contribution in [3.8, 4) is 11.8 Å². The summed E-state index contributed by atoms with van der Waals surface area (Å²) in [6, 6.07) is 14.0. The largest absolute Gasteiger partial charge is 0.480 e. The second kappa shape index (κ2) is 8.78. The smallest absolute Gasteiger partial charge is 0.264 e. The summed E-state index contributed by atoms with van der Waals surface area (Å²) in [5, 5.41) is 11.8. The van der Waals surface area contributed by atoms with Crippen LogP contribution in [-0.2, 0) is 11.3 Å². The predicted molar refractivity (Wildman–Crippen MR) is 111 cm³/mol. The first-order valence-electron chi connectivity index (χ1n) is 9.88. The minimum atomic E-state index is -0.496. The quantitative estimate of drug-likeness (QED) is 0.831. The van der Waals surface area contributed by atoms with E-state index in [0.717, 1.165) is 12.0 Å². The Hall–Kier alpha value is -3.33. The molecule has 1 aliphatic heterocycles. The molecule has 0 bridgehead atoms. The van der Waals surface area contributed by atoms with Crippen LogP contribution in [0.2, 0.25) is 0 Å². The summed E-state index contributed by atoms with van der Waals surface area (Å²) in [6.45, 7) is 6.47. The fourth-order valence-electron chi connectivity index (χ4n) is 3.30. The molecule has 2 amide bonds. The number of carbonyl (C=O) groups is 2. The van der Waals surface area contributed by atoms with Crippen LogP contribution in [0.3, 0.4) is 0 Å². The number of rotatable bonds is 5. The van der Waals surface area contributed by atoms with Crippen LogP contribution in [-0.4, -0.2) is 28.9 Å². The summed E-state index contributed by atoms with van der Waals surface area (Å²) in [6.07, 6.45) is 0.957. The number of ether oxygens (including phenoxy) is 1. The van der Waals surface area contributed by atoms with E-state index in [4.69, 9.17) is 10.00 Å². The van der Waals surface area contributed by atoms with Gasteiger partial charge >= 0.3 is 0 Å². The predicted octanol–water partition coefficient (Wildman–Crippen LogP) is 4.11. The zero-order chi connectivity index (χ0) is 21.0. The van der Waals surface area contributed by atoms with Crippen molar-refractivity contribution in [3.63, 3.8) is 0 Å². The highest BCUT2D eigenvalue weighted by Gasteiger charge is 2.32. The van der Waals surface area contributed by atoms with Crippen molar-refractivity contribution in [3.05, 3.63) is 59.2 Å². The van der Waals surface area contributed by atoms with E-state index in [0.29, 0.717) is 35.5 Å². The maximum atomic E-state index is 12.9. The van der Waals surface area contributed by atoms with Gasteiger partial charge in [0.2, 0.25) is 0 Å². The number of nitrogens with zero attached hydrogens (tertiary/aromatic N) is 2. The van der Waals surface area contributed by atoms with E-state index < -0.39 is 6.10 Å². The first-order valence-corrected chi connectivity index (χ1v) is 9.88. The second-order valence-electron chi connectivity index (χ2n) is 7.20. The lowest BCUT2D eigenvalue weighted by Gasteiger charge is -2.28. The van der Waals surface area contributed by atoms with Gasteiger partial charge in [0.1, 0.15) is 5.75 Å². The number of fused-ring (bicyclic) bond motifs is 1. The topological polar surface area (TPSA) is 82.4 Å². The zero-order valence-electron chi connectivity index (χ0n) is 16.9. The normalized spacial score (nSPS) is 16.8. The standard InChI is InChI=1S/C23H25N3O3/c1-4-15(3)26-14-18-12-19(10-11-21(18)29-20(5-2)23(26)28)25-22(27)17-8-6-16(13-24)7-9-17/h6-12,15,20H,4-5,14H2,1-3H3,(H,25,27)/t15-,20-/m1/s1. The van der Waals surface area contributed by atoms with E-state index in [9.17, 15) is 9.59 Å². The third kappa shape index (κ3) is 4.40. The van der Waals surface area contributed by atoms with Crippen molar-refractivity contribution in [2.45, 2.75) is 52.3 Å². The monoisotopic (exact) mass is 391 g/mol. The molecule has 0 aromatic heterocycles. The summed E-state index contributed by atoms with van der Waals surface area (Å²) in [4.78, 5) is 27.2. The Morgan fingerprint density at radius 2 is 2.00 bits per heavy atom. The van der Waals surface area contributed by atoms with Crippen molar-refractivity contribution in [2.75, 3.05) is 5.32 Å². The molecule has 2 aromatic rings. The fraction of sp³-hybridized carbons (Fsp3) is 0.348. The zero-order valence-corrected chi connectivity index (χ0v) is 16.9. The molecule has 2 aromatic carbocycles. The molecule has 1 N–H and O–H groups in total. The Balaban J connectivity index is 1.85. The first kappa shape index (κ1) is 20.4. The van der Waals surface area contributed by atoms with E-state index in [1.807, 2.05) is 30.9 Å². The highest BCUT2D eigenvalue weighted by atomic mass is 16.5. The van der Waals surface area contributed by atoms with Gasteiger partial charge in [0, 0.05) is 29.4 Å². The van der Waals surface area contributed by atoms with Crippen LogP contribution in [0.15, 0.2) is 42.5 Å². The van der Waals surface area contributed by atoms with Crippen molar-refractivity contribution < 1.29 is 14.3 Å². The maximum Gasteiger partial charge on any atom is 0.264 e. The number of nitriles is 1. The Bertz CT molecular complexity index is 947. The van der Waals surface area contributed by atoms with Gasteiger partial charge in [-0.1, -0.05) is 13.8 Å². The van der Waals surface area contributed by atoms with Crippen molar-refractivity contribution in [2.24, 2.45) is 0 Å². The maximum absolute atomic E-state index is 12.9. The Morgan fingerprint density at radius 1 is 1.28 bits per heavy atom. The van der Waals surface area contributed by atoms with Crippen LogP contribution in [0, 0.1) is 11.3 Å². The van der Waals surface area contributed by atoms with Crippen LogP contribution < -0.4 is 10.1 Å². The molecular formula is C23H25N3O3. The molecule has 6 nitrogen and oxygen atoms in total. The average Bonchev–Trinajstić information content (AvgIpc) is 2.89. The van der Waals surface area contributed by atoms with E-state index in [-0.39, 0.29) is 17.9 Å². The van der Waals surface area contributed by atoms with Gasteiger partial charge in [0.25, 0.3) is 11.8 Å². The molecule has 2 atom stereocenters. The molecule has 29 heavy (non-hydrogen) atoms. The molecule has 3 rings (SSSR count). The third-order valence-electron chi connectivity index (χ3n) is 5.26. The number of nitrogens with one attached hydrogen (secondary N) is 1. The van der Waals surface area contributed by atoms with Crippen LogP contribution in [0.1, 0.15) is 55.1 Å². The first-order chi connectivity index (χ1) is 14.0. The lowest BCUT2D eigenvalue weighted by atomic mass is 10.1. The van der Waals surface area contributed by atoms with Gasteiger partial charge in [0.05, 0.1) is 11.6 Å². The number of anilines is 1. The van der Waals surface area contributed by atoms with Crippen molar-refractivity contribution in [1.29, 1.82) is 5.26 Å². The van der Waals surface area contributed by atoms with Gasteiger partial charge in [-0.05, 0) is 62.2 Å². The molecule has 1 heterocycles. The summed E-state index contributed by atoms with van der Waals surface area (Å²) in [5.74, 6) is 0.416. The number of carbonyl (C=O) groups excluding carboxylic acids is 2. The van der Waals surface area contributed by atoms with E-state index in [1.54, 1.807) is 36.4 Å². The van der Waals surface area contributed by atoms with Gasteiger partial charge in [-0.15, -0.1) is 0 Å². The number of hydrogen-bond acceptors (Lipinski definition) is 4. The molecule has 0 fully saturated rings. The van der Waals surface area contributed by atoms with E-state index in [2.05, 4.69) is 12.2 Å².